The molecule has 0 fully saturated rings. The van der Waals surface area contributed by atoms with E-state index >= 15 is 0 Å². The maximum atomic E-state index is 13.2. The number of imidazole rings is 1. The van der Waals surface area contributed by atoms with E-state index < -0.39 is 0 Å². The number of carbonyl (C=O) groups is 1. The predicted octanol–water partition coefficient (Wildman–Crippen LogP) is 4.90. The minimum Gasteiger partial charge on any atom is -0.504 e. The lowest BCUT2D eigenvalue weighted by Crippen LogP contribution is -2.24. The number of rotatable bonds is 6. The van der Waals surface area contributed by atoms with Gasteiger partial charge in [0.05, 0.1) is 23.7 Å². The zero-order valence-corrected chi connectivity index (χ0v) is 18.3. The molecular formula is C24H20BrN3O3. The molecule has 156 valence electrons. The summed E-state index contributed by atoms with van der Waals surface area (Å²) in [7, 11) is 1.48. The van der Waals surface area contributed by atoms with Gasteiger partial charge in [0.15, 0.2) is 11.5 Å². The Balaban J connectivity index is 1.75. The minimum atomic E-state index is -0.276. The van der Waals surface area contributed by atoms with E-state index in [-0.39, 0.29) is 11.7 Å². The van der Waals surface area contributed by atoms with Crippen LogP contribution < -0.4 is 10.1 Å². The Morgan fingerprint density at radius 1 is 1.16 bits per heavy atom. The molecule has 0 radical (unpaired) electrons. The fraction of sp³-hybridized carbons (Fsp3) is 0.0833. The number of benzene rings is 3. The van der Waals surface area contributed by atoms with E-state index in [2.05, 4.69) is 31.2 Å². The summed E-state index contributed by atoms with van der Waals surface area (Å²) in [5.74, 6) is 0.487. The van der Waals surface area contributed by atoms with Crippen molar-refractivity contribution in [2.75, 3.05) is 7.11 Å². The molecule has 0 saturated carbocycles. The number of halogens is 1. The molecule has 0 aliphatic rings. The smallest absolute Gasteiger partial charge is 0.255 e. The Labute approximate surface area is 187 Å². The number of nitrogens with one attached hydrogen (secondary N) is 2. The van der Waals surface area contributed by atoms with Crippen molar-refractivity contribution in [3.63, 3.8) is 0 Å². The van der Waals surface area contributed by atoms with Gasteiger partial charge in [0.1, 0.15) is 5.82 Å². The molecule has 0 bridgehead atoms. The SMILES string of the molecule is COc1cc(C=C(C(=O)NCc2ccccc2)c2nc3ccccc3[nH]2)c(Br)cc1O. The van der Waals surface area contributed by atoms with Crippen molar-refractivity contribution >= 4 is 44.5 Å². The average molecular weight is 478 g/mol. The molecule has 1 heterocycles. The van der Waals surface area contributed by atoms with Crippen LogP contribution in [-0.2, 0) is 11.3 Å². The normalized spacial score (nSPS) is 11.5. The number of ether oxygens (including phenoxy) is 1. The molecule has 31 heavy (non-hydrogen) atoms. The number of hydrogen-bond donors (Lipinski definition) is 3. The van der Waals surface area contributed by atoms with E-state index in [0.29, 0.717) is 33.7 Å². The number of para-hydroxylation sites is 2. The zero-order valence-electron chi connectivity index (χ0n) is 16.7. The van der Waals surface area contributed by atoms with Crippen molar-refractivity contribution < 1.29 is 14.6 Å². The highest BCUT2D eigenvalue weighted by atomic mass is 79.9. The van der Waals surface area contributed by atoms with Gasteiger partial charge in [-0.05, 0) is 41.5 Å². The summed E-state index contributed by atoms with van der Waals surface area (Å²) in [6.45, 7) is 0.386. The van der Waals surface area contributed by atoms with Gasteiger partial charge >= 0.3 is 0 Å². The van der Waals surface area contributed by atoms with Crippen LogP contribution in [0.3, 0.4) is 0 Å². The molecule has 1 amide bonds. The van der Waals surface area contributed by atoms with Crippen LogP contribution in [0.4, 0.5) is 0 Å². The molecule has 0 spiro atoms. The summed E-state index contributed by atoms with van der Waals surface area (Å²) >= 11 is 3.45. The minimum absolute atomic E-state index is 0.00495. The van der Waals surface area contributed by atoms with Crippen molar-refractivity contribution in [2.45, 2.75) is 6.54 Å². The number of fused-ring (bicyclic) bond motifs is 1. The van der Waals surface area contributed by atoms with Crippen LogP contribution >= 0.6 is 15.9 Å². The number of aromatic hydroxyl groups is 1. The first-order valence-electron chi connectivity index (χ1n) is 9.60. The number of carbonyl (C=O) groups excluding carboxylic acids is 1. The summed E-state index contributed by atoms with van der Waals surface area (Å²) in [6, 6.07) is 20.5. The number of hydrogen-bond acceptors (Lipinski definition) is 4. The summed E-state index contributed by atoms with van der Waals surface area (Å²) in [4.78, 5) is 21.0. The van der Waals surface area contributed by atoms with Crippen LogP contribution in [0.5, 0.6) is 11.5 Å². The standard InChI is InChI=1S/C24H20BrN3O3/c1-31-22-12-16(18(25)13-21(22)29)11-17(23-27-19-9-5-6-10-20(19)28-23)24(30)26-14-15-7-3-2-4-8-15/h2-13,29H,14H2,1H3,(H,26,30)(H,27,28). The van der Waals surface area contributed by atoms with Gasteiger partial charge in [0, 0.05) is 11.0 Å². The lowest BCUT2D eigenvalue weighted by Gasteiger charge is -2.10. The number of phenolic OH excluding ortho intramolecular Hbond substituents is 1. The number of aromatic amines is 1. The zero-order chi connectivity index (χ0) is 21.8. The molecule has 6 nitrogen and oxygen atoms in total. The Kier molecular flexibility index (Phi) is 6.04. The van der Waals surface area contributed by atoms with Gasteiger partial charge in [0.2, 0.25) is 0 Å². The largest absolute Gasteiger partial charge is 0.504 e. The van der Waals surface area contributed by atoms with Gasteiger partial charge in [-0.2, -0.15) is 0 Å². The van der Waals surface area contributed by atoms with E-state index in [1.54, 1.807) is 12.1 Å². The topological polar surface area (TPSA) is 87.2 Å². The highest BCUT2D eigenvalue weighted by Gasteiger charge is 2.18. The molecule has 0 aliphatic carbocycles. The quantitative estimate of drug-likeness (QED) is 0.344. The molecule has 4 rings (SSSR count). The first kappa shape index (κ1) is 20.7. The fourth-order valence-corrected chi connectivity index (χ4v) is 3.63. The van der Waals surface area contributed by atoms with Crippen LogP contribution in [0, 0.1) is 0 Å². The molecule has 3 aromatic carbocycles. The number of methoxy groups -OCH3 is 1. The van der Waals surface area contributed by atoms with Crippen LogP contribution in [0.25, 0.3) is 22.7 Å². The van der Waals surface area contributed by atoms with Crippen molar-refractivity contribution in [3.8, 4) is 11.5 Å². The van der Waals surface area contributed by atoms with Crippen molar-refractivity contribution in [1.29, 1.82) is 0 Å². The van der Waals surface area contributed by atoms with Crippen LogP contribution in [0.15, 0.2) is 71.2 Å². The number of phenols is 1. The first-order chi connectivity index (χ1) is 15.0. The molecule has 3 N–H and O–H groups in total. The number of aromatic nitrogens is 2. The summed E-state index contributed by atoms with van der Waals surface area (Å²) in [5, 5.41) is 13.0. The third kappa shape index (κ3) is 4.62. The Morgan fingerprint density at radius 2 is 1.90 bits per heavy atom. The first-order valence-corrected chi connectivity index (χ1v) is 10.4. The maximum Gasteiger partial charge on any atom is 0.255 e. The second kappa shape index (κ2) is 9.06. The van der Waals surface area contributed by atoms with Crippen molar-refractivity contribution in [3.05, 3.63) is 88.2 Å². The molecule has 0 unspecified atom stereocenters. The fourth-order valence-electron chi connectivity index (χ4n) is 3.18. The summed E-state index contributed by atoms with van der Waals surface area (Å²) in [5.41, 5.74) is 3.62. The highest BCUT2D eigenvalue weighted by Crippen LogP contribution is 2.34. The van der Waals surface area contributed by atoms with E-state index in [1.165, 1.54) is 13.2 Å². The van der Waals surface area contributed by atoms with Gasteiger partial charge in [-0.15, -0.1) is 0 Å². The molecular weight excluding hydrogens is 458 g/mol. The summed E-state index contributed by atoms with van der Waals surface area (Å²) < 4.78 is 5.84. The second-order valence-electron chi connectivity index (χ2n) is 6.87. The molecule has 7 heteroatoms. The molecule has 0 saturated heterocycles. The van der Waals surface area contributed by atoms with E-state index in [0.717, 1.165) is 16.6 Å². The molecule has 0 aliphatic heterocycles. The van der Waals surface area contributed by atoms with E-state index in [4.69, 9.17) is 4.74 Å². The summed E-state index contributed by atoms with van der Waals surface area (Å²) in [6.07, 6.45) is 1.71. The van der Waals surface area contributed by atoms with Gasteiger partial charge < -0.3 is 20.1 Å². The number of amides is 1. The lowest BCUT2D eigenvalue weighted by atomic mass is 10.1. The monoisotopic (exact) mass is 477 g/mol. The van der Waals surface area contributed by atoms with Crippen LogP contribution in [0.1, 0.15) is 17.0 Å². The van der Waals surface area contributed by atoms with E-state index in [9.17, 15) is 9.90 Å². The molecule has 1 aromatic heterocycles. The van der Waals surface area contributed by atoms with Gasteiger partial charge in [-0.3, -0.25) is 4.79 Å². The van der Waals surface area contributed by atoms with Crippen molar-refractivity contribution in [2.24, 2.45) is 0 Å². The van der Waals surface area contributed by atoms with E-state index in [1.807, 2.05) is 54.6 Å². The third-order valence-corrected chi connectivity index (χ3v) is 5.47. The van der Waals surface area contributed by atoms with Gasteiger partial charge in [-0.25, -0.2) is 4.98 Å². The van der Waals surface area contributed by atoms with Crippen molar-refractivity contribution in [1.82, 2.24) is 15.3 Å². The third-order valence-electron chi connectivity index (χ3n) is 4.78. The molecule has 4 aromatic rings. The predicted molar refractivity (Wildman–Crippen MR) is 125 cm³/mol. The van der Waals surface area contributed by atoms with Crippen LogP contribution in [-0.4, -0.2) is 28.1 Å². The Hall–Kier alpha value is -3.58. The maximum absolute atomic E-state index is 13.2. The lowest BCUT2D eigenvalue weighted by molar-refractivity contribution is -0.115. The number of H-pyrrole nitrogens is 1. The average Bonchev–Trinajstić information content (AvgIpc) is 3.21. The second-order valence-corrected chi connectivity index (χ2v) is 7.73. The van der Waals surface area contributed by atoms with Crippen LogP contribution in [0.2, 0.25) is 0 Å². The molecule has 0 atom stereocenters. The number of nitrogens with zero attached hydrogens (tertiary/aromatic N) is 1. The van der Waals surface area contributed by atoms with Gasteiger partial charge in [-0.1, -0.05) is 58.4 Å². The highest BCUT2D eigenvalue weighted by molar-refractivity contribution is 9.10. The Morgan fingerprint density at radius 3 is 2.65 bits per heavy atom. The van der Waals surface area contributed by atoms with Gasteiger partial charge in [0.25, 0.3) is 5.91 Å². The Bertz CT molecular complexity index is 1230.